The Morgan fingerprint density at radius 1 is 1.50 bits per heavy atom. The number of anilines is 1. The molecule has 0 spiro atoms. The van der Waals surface area contributed by atoms with Gasteiger partial charge in [-0.05, 0) is 25.7 Å². The minimum Gasteiger partial charge on any atom is -0.338 e. The lowest BCUT2D eigenvalue weighted by molar-refractivity contribution is 0.219. The summed E-state index contributed by atoms with van der Waals surface area (Å²) in [6.45, 7) is 2.52. The van der Waals surface area contributed by atoms with E-state index in [0.29, 0.717) is 18.7 Å². The predicted molar refractivity (Wildman–Crippen MR) is 72.1 cm³/mol. The maximum Gasteiger partial charge on any atom is 0.324 e. The maximum absolute atomic E-state index is 12.1. The van der Waals surface area contributed by atoms with Crippen LogP contribution in [0, 0.1) is 12.8 Å². The molecule has 7 nitrogen and oxygen atoms in total. The Kier molecular flexibility index (Phi) is 3.19. The average Bonchev–Trinajstić information content (AvgIpc) is 2.96. The van der Waals surface area contributed by atoms with Crippen LogP contribution < -0.4 is 5.32 Å². The Bertz CT molecular complexity index is 624. The molecule has 2 fully saturated rings. The summed E-state index contributed by atoms with van der Waals surface area (Å²) < 4.78 is 28.9. The van der Waals surface area contributed by atoms with Crippen molar-refractivity contribution in [1.82, 2.24) is 10.1 Å². The monoisotopic (exact) mass is 299 g/mol. The van der Waals surface area contributed by atoms with Gasteiger partial charge in [-0.1, -0.05) is 5.16 Å². The molecule has 2 saturated heterocycles. The van der Waals surface area contributed by atoms with E-state index in [1.165, 1.54) is 0 Å². The van der Waals surface area contributed by atoms with E-state index in [0.717, 1.165) is 6.42 Å². The highest BCUT2D eigenvalue weighted by Gasteiger charge is 2.44. The van der Waals surface area contributed by atoms with Crippen molar-refractivity contribution in [2.75, 3.05) is 24.2 Å². The molecular weight excluding hydrogens is 282 g/mol. The van der Waals surface area contributed by atoms with Crippen LogP contribution in [0.5, 0.6) is 0 Å². The molecule has 3 heterocycles. The van der Waals surface area contributed by atoms with Gasteiger partial charge < -0.3 is 9.42 Å². The van der Waals surface area contributed by atoms with Crippen molar-refractivity contribution in [1.29, 1.82) is 0 Å². The van der Waals surface area contributed by atoms with E-state index in [-0.39, 0.29) is 30.1 Å². The van der Waals surface area contributed by atoms with Crippen LogP contribution in [-0.4, -0.2) is 48.6 Å². The summed E-state index contributed by atoms with van der Waals surface area (Å²) in [5.74, 6) is 0.589. The SMILES string of the molecule is Cc1cc(NC(=O)N2C[C@@H]3CCCS(=O)(=O)[C@@H]3C2)on1. The molecule has 1 aromatic heterocycles. The van der Waals surface area contributed by atoms with Crippen molar-refractivity contribution in [3.8, 4) is 0 Å². The zero-order valence-electron chi connectivity index (χ0n) is 11.2. The second-order valence-electron chi connectivity index (χ2n) is 5.48. The molecule has 0 radical (unpaired) electrons. The molecular formula is C12H17N3O4S. The van der Waals surface area contributed by atoms with E-state index < -0.39 is 15.1 Å². The number of fused-ring (bicyclic) bond motifs is 1. The molecule has 2 aliphatic rings. The number of likely N-dealkylation sites (tertiary alicyclic amines) is 1. The van der Waals surface area contributed by atoms with Gasteiger partial charge in [-0.3, -0.25) is 5.32 Å². The minimum absolute atomic E-state index is 0.0657. The number of sulfone groups is 1. The number of carbonyl (C=O) groups excluding carboxylic acids is 1. The Hall–Kier alpha value is -1.57. The molecule has 2 aliphatic heterocycles. The molecule has 8 heteroatoms. The zero-order valence-corrected chi connectivity index (χ0v) is 12.0. The van der Waals surface area contributed by atoms with E-state index in [1.807, 2.05) is 0 Å². The number of carbonyl (C=O) groups is 1. The smallest absolute Gasteiger partial charge is 0.324 e. The second kappa shape index (κ2) is 4.76. The zero-order chi connectivity index (χ0) is 14.3. The fraction of sp³-hybridized carbons (Fsp3) is 0.667. The number of hydrogen-bond acceptors (Lipinski definition) is 5. The molecule has 0 aromatic carbocycles. The third-order valence-corrected chi connectivity index (χ3v) is 6.31. The number of hydrogen-bond donors (Lipinski definition) is 1. The van der Waals surface area contributed by atoms with E-state index in [4.69, 9.17) is 4.52 Å². The molecule has 110 valence electrons. The quantitative estimate of drug-likeness (QED) is 0.836. The molecule has 1 aromatic rings. The van der Waals surface area contributed by atoms with Crippen LogP contribution in [0.1, 0.15) is 18.5 Å². The highest BCUT2D eigenvalue weighted by atomic mass is 32.2. The first-order valence-corrected chi connectivity index (χ1v) is 8.38. The molecule has 2 atom stereocenters. The van der Waals surface area contributed by atoms with Gasteiger partial charge in [0.1, 0.15) is 0 Å². The van der Waals surface area contributed by atoms with Gasteiger partial charge in [0.15, 0.2) is 9.84 Å². The summed E-state index contributed by atoms with van der Waals surface area (Å²) in [6, 6.07) is 1.29. The third-order valence-electron chi connectivity index (χ3n) is 3.99. The predicted octanol–water partition coefficient (Wildman–Crippen LogP) is 1.02. The summed E-state index contributed by atoms with van der Waals surface area (Å²) in [4.78, 5) is 13.7. The summed E-state index contributed by atoms with van der Waals surface area (Å²) in [5.41, 5.74) is 0.679. The number of urea groups is 1. The van der Waals surface area contributed by atoms with Crippen molar-refractivity contribution in [2.24, 2.45) is 5.92 Å². The van der Waals surface area contributed by atoms with Gasteiger partial charge in [0.05, 0.1) is 16.7 Å². The lowest BCUT2D eigenvalue weighted by Crippen LogP contribution is -2.37. The van der Waals surface area contributed by atoms with Gasteiger partial charge in [0, 0.05) is 19.2 Å². The largest absolute Gasteiger partial charge is 0.338 e. The lowest BCUT2D eigenvalue weighted by atomic mass is 10.0. The number of nitrogens with zero attached hydrogens (tertiary/aromatic N) is 2. The van der Waals surface area contributed by atoms with Crippen molar-refractivity contribution in [3.05, 3.63) is 11.8 Å². The van der Waals surface area contributed by atoms with Gasteiger partial charge >= 0.3 is 6.03 Å². The van der Waals surface area contributed by atoms with Crippen molar-refractivity contribution in [2.45, 2.75) is 25.0 Å². The fourth-order valence-electron chi connectivity index (χ4n) is 3.00. The van der Waals surface area contributed by atoms with E-state index in [2.05, 4.69) is 10.5 Å². The van der Waals surface area contributed by atoms with Crippen molar-refractivity contribution < 1.29 is 17.7 Å². The van der Waals surface area contributed by atoms with Crippen LogP contribution >= 0.6 is 0 Å². The molecule has 0 aliphatic carbocycles. The van der Waals surface area contributed by atoms with Crippen LogP contribution in [0.15, 0.2) is 10.6 Å². The Morgan fingerprint density at radius 2 is 2.30 bits per heavy atom. The number of aryl methyl sites for hydroxylation is 1. The first kappa shape index (κ1) is 13.4. The normalized spacial score (nSPS) is 28.1. The first-order chi connectivity index (χ1) is 9.45. The van der Waals surface area contributed by atoms with Gasteiger partial charge in [-0.15, -0.1) is 0 Å². The van der Waals surface area contributed by atoms with Crippen LogP contribution in [0.25, 0.3) is 0 Å². The molecule has 1 N–H and O–H groups in total. The van der Waals surface area contributed by atoms with E-state index in [9.17, 15) is 13.2 Å². The molecule has 0 saturated carbocycles. The van der Waals surface area contributed by atoms with E-state index in [1.54, 1.807) is 17.9 Å². The van der Waals surface area contributed by atoms with Gasteiger partial charge in [0.25, 0.3) is 0 Å². The molecule has 0 unspecified atom stereocenters. The van der Waals surface area contributed by atoms with Gasteiger partial charge in [0.2, 0.25) is 5.88 Å². The van der Waals surface area contributed by atoms with Crippen molar-refractivity contribution in [3.63, 3.8) is 0 Å². The maximum atomic E-state index is 12.1. The Labute approximate surface area is 117 Å². The highest BCUT2D eigenvalue weighted by molar-refractivity contribution is 7.92. The number of amides is 2. The molecule has 3 rings (SSSR count). The van der Waals surface area contributed by atoms with E-state index >= 15 is 0 Å². The molecule has 20 heavy (non-hydrogen) atoms. The standard InChI is InChI=1S/C12H17N3O4S/c1-8-5-11(19-14-8)13-12(16)15-6-9-3-2-4-20(17,18)10(9)7-15/h5,9-10H,2-4,6-7H2,1H3,(H,13,16)/t9-,10+/m0/s1. The summed E-state index contributed by atoms with van der Waals surface area (Å²) in [6.07, 6.45) is 1.56. The van der Waals surface area contributed by atoms with Gasteiger partial charge in [-0.25, -0.2) is 13.2 Å². The summed E-state index contributed by atoms with van der Waals surface area (Å²) in [5, 5.41) is 5.89. The topological polar surface area (TPSA) is 92.5 Å². The lowest BCUT2D eigenvalue weighted by Gasteiger charge is -2.23. The number of aromatic nitrogens is 1. The Morgan fingerprint density at radius 3 is 2.95 bits per heavy atom. The Balaban J connectivity index is 1.69. The average molecular weight is 299 g/mol. The number of rotatable bonds is 1. The highest BCUT2D eigenvalue weighted by Crippen LogP contribution is 2.32. The van der Waals surface area contributed by atoms with Crippen LogP contribution in [-0.2, 0) is 9.84 Å². The van der Waals surface area contributed by atoms with Crippen LogP contribution in [0.3, 0.4) is 0 Å². The second-order valence-corrected chi connectivity index (χ2v) is 7.81. The van der Waals surface area contributed by atoms with Crippen LogP contribution in [0.4, 0.5) is 10.7 Å². The summed E-state index contributed by atoms with van der Waals surface area (Å²) in [7, 11) is -3.05. The molecule has 2 amide bonds. The summed E-state index contributed by atoms with van der Waals surface area (Å²) >= 11 is 0. The molecule has 0 bridgehead atoms. The third kappa shape index (κ3) is 2.39. The van der Waals surface area contributed by atoms with Crippen molar-refractivity contribution >= 4 is 21.8 Å². The number of nitrogens with one attached hydrogen (secondary N) is 1. The van der Waals surface area contributed by atoms with Crippen LogP contribution in [0.2, 0.25) is 0 Å². The minimum atomic E-state index is -3.05. The first-order valence-electron chi connectivity index (χ1n) is 6.66. The fourth-order valence-corrected chi connectivity index (χ4v) is 5.08. The van der Waals surface area contributed by atoms with Gasteiger partial charge in [-0.2, -0.15) is 0 Å².